The molecular formula is C21H19N3O2. The zero-order valence-electron chi connectivity index (χ0n) is 14.3. The zero-order valence-corrected chi connectivity index (χ0v) is 14.3. The van der Waals surface area contributed by atoms with Crippen LogP contribution < -0.4 is 5.32 Å². The maximum absolute atomic E-state index is 12.6. The first-order valence-electron chi connectivity index (χ1n) is 8.86. The van der Waals surface area contributed by atoms with Crippen molar-refractivity contribution in [2.75, 3.05) is 0 Å². The Morgan fingerprint density at radius 1 is 1.04 bits per heavy atom. The van der Waals surface area contributed by atoms with E-state index in [1.165, 1.54) is 0 Å². The number of carbonyl (C=O) groups excluding carboxylic acids is 2. The summed E-state index contributed by atoms with van der Waals surface area (Å²) in [6, 6.07) is 13.0. The van der Waals surface area contributed by atoms with Crippen LogP contribution in [0.2, 0.25) is 0 Å². The van der Waals surface area contributed by atoms with Crippen LogP contribution in [0.5, 0.6) is 0 Å². The molecule has 2 heterocycles. The molecule has 1 aliphatic carbocycles. The number of hydrogen-bond acceptors (Lipinski definition) is 4. The monoisotopic (exact) mass is 345 g/mol. The fourth-order valence-corrected chi connectivity index (χ4v) is 3.37. The Morgan fingerprint density at radius 2 is 1.88 bits per heavy atom. The van der Waals surface area contributed by atoms with Crippen molar-refractivity contribution in [3.05, 3.63) is 60.6 Å². The molecule has 1 aliphatic rings. The third-order valence-corrected chi connectivity index (χ3v) is 4.78. The summed E-state index contributed by atoms with van der Waals surface area (Å²) in [6.07, 6.45) is 6.62. The third-order valence-electron chi connectivity index (χ3n) is 4.78. The van der Waals surface area contributed by atoms with Crippen molar-refractivity contribution < 1.29 is 9.59 Å². The summed E-state index contributed by atoms with van der Waals surface area (Å²) in [7, 11) is 0. The number of carbonyl (C=O) groups is 2. The van der Waals surface area contributed by atoms with Crippen LogP contribution in [-0.2, 0) is 4.79 Å². The minimum atomic E-state index is -0.389. The van der Waals surface area contributed by atoms with Crippen molar-refractivity contribution in [3.8, 4) is 11.1 Å². The number of hydrogen-bond donors (Lipinski definition) is 1. The number of rotatable bonds is 3. The van der Waals surface area contributed by atoms with Gasteiger partial charge in [-0.15, -0.1) is 0 Å². The summed E-state index contributed by atoms with van der Waals surface area (Å²) >= 11 is 0. The Kier molecular flexibility index (Phi) is 4.44. The van der Waals surface area contributed by atoms with Gasteiger partial charge in [0.15, 0.2) is 5.78 Å². The highest BCUT2D eigenvalue weighted by molar-refractivity contribution is 6.00. The number of nitrogens with zero attached hydrogens (tertiary/aromatic N) is 2. The van der Waals surface area contributed by atoms with Gasteiger partial charge in [0.05, 0.1) is 11.6 Å². The fourth-order valence-electron chi connectivity index (χ4n) is 3.37. The molecule has 2 aromatic heterocycles. The average molecular weight is 345 g/mol. The first-order chi connectivity index (χ1) is 12.7. The highest BCUT2D eigenvalue weighted by Gasteiger charge is 2.24. The van der Waals surface area contributed by atoms with Crippen LogP contribution >= 0.6 is 0 Å². The maximum Gasteiger partial charge on any atom is 0.270 e. The van der Waals surface area contributed by atoms with Gasteiger partial charge in [-0.2, -0.15) is 0 Å². The van der Waals surface area contributed by atoms with Crippen molar-refractivity contribution in [2.45, 2.75) is 31.7 Å². The van der Waals surface area contributed by atoms with E-state index in [-0.39, 0.29) is 17.7 Å². The first-order valence-corrected chi connectivity index (χ1v) is 8.86. The van der Waals surface area contributed by atoms with Gasteiger partial charge >= 0.3 is 0 Å². The van der Waals surface area contributed by atoms with E-state index in [0.717, 1.165) is 34.9 Å². The summed E-state index contributed by atoms with van der Waals surface area (Å²) < 4.78 is 0. The van der Waals surface area contributed by atoms with Gasteiger partial charge in [0, 0.05) is 29.8 Å². The second-order valence-electron chi connectivity index (χ2n) is 6.56. The molecule has 4 rings (SSSR count). The molecule has 3 aromatic rings. The molecule has 0 saturated heterocycles. The Labute approximate surface area is 151 Å². The minimum absolute atomic E-state index is 0.111. The van der Waals surface area contributed by atoms with Gasteiger partial charge in [0.2, 0.25) is 0 Å². The smallest absolute Gasteiger partial charge is 0.270 e. The molecule has 1 unspecified atom stereocenters. The summed E-state index contributed by atoms with van der Waals surface area (Å²) in [5, 5.41) is 3.71. The molecule has 5 heteroatoms. The van der Waals surface area contributed by atoms with Crippen molar-refractivity contribution >= 4 is 22.6 Å². The lowest BCUT2D eigenvalue weighted by atomic mass is 9.94. The van der Waals surface area contributed by atoms with Gasteiger partial charge in [-0.05, 0) is 30.5 Å². The van der Waals surface area contributed by atoms with Crippen molar-refractivity contribution in [3.63, 3.8) is 0 Å². The molecule has 0 aliphatic heterocycles. The Balaban J connectivity index is 1.68. The Hall–Kier alpha value is -3.08. The third kappa shape index (κ3) is 3.20. The van der Waals surface area contributed by atoms with Crippen molar-refractivity contribution in [1.82, 2.24) is 15.3 Å². The Morgan fingerprint density at radius 3 is 2.69 bits per heavy atom. The predicted octanol–water partition coefficient (Wildman–Crippen LogP) is 3.54. The van der Waals surface area contributed by atoms with Crippen LogP contribution in [0.15, 0.2) is 54.9 Å². The molecule has 5 nitrogen and oxygen atoms in total. The van der Waals surface area contributed by atoms with Crippen molar-refractivity contribution in [2.24, 2.45) is 0 Å². The number of amides is 1. The number of nitrogens with one attached hydrogen (secondary N) is 1. The minimum Gasteiger partial charge on any atom is -0.341 e. The lowest BCUT2D eigenvalue weighted by Crippen LogP contribution is -2.42. The highest BCUT2D eigenvalue weighted by atomic mass is 16.2. The largest absolute Gasteiger partial charge is 0.341 e. The van der Waals surface area contributed by atoms with Gasteiger partial charge in [-0.25, -0.2) is 4.98 Å². The van der Waals surface area contributed by atoms with E-state index in [0.29, 0.717) is 18.5 Å². The number of benzene rings is 1. The highest BCUT2D eigenvalue weighted by Crippen LogP contribution is 2.26. The molecular weight excluding hydrogens is 326 g/mol. The standard InChI is InChI=1S/C21H19N3O2/c25-19-9-5-4-8-17(19)24-21(26)18-11-10-15-12-22-13-16(20(15)23-18)14-6-2-1-3-7-14/h1-3,6-7,10-13,17H,4-5,8-9H2,(H,24,26). The molecule has 0 radical (unpaired) electrons. The van der Waals surface area contributed by atoms with Gasteiger partial charge in [0.1, 0.15) is 5.69 Å². The lowest BCUT2D eigenvalue weighted by molar-refractivity contribution is -0.122. The van der Waals surface area contributed by atoms with E-state index in [9.17, 15) is 9.59 Å². The normalized spacial score (nSPS) is 17.2. The Bertz CT molecular complexity index is 969. The van der Waals surface area contributed by atoms with Gasteiger partial charge in [-0.1, -0.05) is 36.8 Å². The summed E-state index contributed by atoms with van der Waals surface area (Å²) in [5.74, 6) is -0.192. The topological polar surface area (TPSA) is 72.0 Å². The maximum atomic E-state index is 12.6. The van der Waals surface area contributed by atoms with E-state index < -0.39 is 0 Å². The van der Waals surface area contributed by atoms with Crippen LogP contribution in [-0.4, -0.2) is 27.7 Å². The predicted molar refractivity (Wildman–Crippen MR) is 99.7 cm³/mol. The lowest BCUT2D eigenvalue weighted by Gasteiger charge is -2.21. The molecule has 130 valence electrons. The molecule has 1 fully saturated rings. The first kappa shape index (κ1) is 16.4. The van der Waals surface area contributed by atoms with E-state index >= 15 is 0 Å². The van der Waals surface area contributed by atoms with E-state index in [4.69, 9.17) is 0 Å². The SMILES string of the molecule is O=C(NC1CCCCC1=O)c1ccc2cncc(-c3ccccc3)c2n1. The number of ketones is 1. The molecule has 26 heavy (non-hydrogen) atoms. The summed E-state index contributed by atoms with van der Waals surface area (Å²) in [5.41, 5.74) is 2.93. The molecule has 0 bridgehead atoms. The van der Waals surface area contributed by atoms with E-state index in [2.05, 4.69) is 15.3 Å². The summed E-state index contributed by atoms with van der Waals surface area (Å²) in [6.45, 7) is 0. The zero-order chi connectivity index (χ0) is 17.9. The molecule has 1 aromatic carbocycles. The van der Waals surface area contributed by atoms with Crippen LogP contribution in [0.4, 0.5) is 0 Å². The molecule has 1 amide bonds. The van der Waals surface area contributed by atoms with Gasteiger partial charge < -0.3 is 5.32 Å². The fraction of sp³-hybridized carbons (Fsp3) is 0.238. The molecule has 1 atom stereocenters. The van der Waals surface area contributed by atoms with Crippen LogP contribution in [0, 0.1) is 0 Å². The quantitative estimate of drug-likeness (QED) is 0.788. The second-order valence-corrected chi connectivity index (χ2v) is 6.56. The number of Topliss-reactive ketones (excluding diaryl/α,β-unsaturated/α-hetero) is 1. The average Bonchev–Trinajstić information content (AvgIpc) is 2.69. The molecule has 1 N–H and O–H groups in total. The summed E-state index contributed by atoms with van der Waals surface area (Å²) in [4.78, 5) is 33.4. The number of pyridine rings is 2. The number of aromatic nitrogens is 2. The molecule has 1 saturated carbocycles. The van der Waals surface area contributed by atoms with Crippen LogP contribution in [0.25, 0.3) is 22.0 Å². The van der Waals surface area contributed by atoms with E-state index in [1.807, 2.05) is 36.4 Å². The van der Waals surface area contributed by atoms with Crippen molar-refractivity contribution in [1.29, 1.82) is 0 Å². The van der Waals surface area contributed by atoms with Gasteiger partial charge in [-0.3, -0.25) is 14.6 Å². The van der Waals surface area contributed by atoms with Crippen LogP contribution in [0.3, 0.4) is 0 Å². The van der Waals surface area contributed by atoms with Crippen LogP contribution in [0.1, 0.15) is 36.2 Å². The number of fused-ring (bicyclic) bond motifs is 1. The molecule has 0 spiro atoms. The second kappa shape index (κ2) is 7.04. The van der Waals surface area contributed by atoms with E-state index in [1.54, 1.807) is 18.5 Å². The van der Waals surface area contributed by atoms with Gasteiger partial charge in [0.25, 0.3) is 5.91 Å².